The molecule has 0 fully saturated rings. The highest BCUT2D eigenvalue weighted by Crippen LogP contribution is 2.43. The summed E-state index contributed by atoms with van der Waals surface area (Å²) in [7, 11) is 0. The number of aliphatic hydroxyl groups excluding tert-OH is 1. The molecule has 1 unspecified atom stereocenters. The molecule has 1 atom stereocenters. The standard InChI is InChI=1S/C28H23IO4/c1-16(2)23(26(30)20-9-5-4-8-17(20)3)24(18-12-14-19(29)15-13-18)25-27(31)21-10-6-7-11-22(21)33-28(25)32/h4-15,24,30-31H,1H2,2-3H3/b26-23-. The maximum atomic E-state index is 13.2. The summed E-state index contributed by atoms with van der Waals surface area (Å²) in [5.41, 5.74) is 2.97. The van der Waals surface area contributed by atoms with Gasteiger partial charge in [-0.15, -0.1) is 0 Å². The number of benzene rings is 3. The number of aliphatic hydroxyl groups is 1. The third-order valence-electron chi connectivity index (χ3n) is 5.72. The van der Waals surface area contributed by atoms with Crippen molar-refractivity contribution in [1.82, 2.24) is 0 Å². The first kappa shape index (κ1) is 22.9. The van der Waals surface area contributed by atoms with Crippen LogP contribution in [-0.4, -0.2) is 10.2 Å². The fraction of sp³-hybridized carbons (Fsp3) is 0.107. The summed E-state index contributed by atoms with van der Waals surface area (Å²) >= 11 is 2.21. The quantitative estimate of drug-likeness (QED) is 0.121. The van der Waals surface area contributed by atoms with Crippen LogP contribution in [0.1, 0.15) is 35.1 Å². The minimum absolute atomic E-state index is 0.0103. The number of halogens is 1. The van der Waals surface area contributed by atoms with Gasteiger partial charge in [0.25, 0.3) is 0 Å². The van der Waals surface area contributed by atoms with E-state index in [-0.39, 0.29) is 17.1 Å². The molecule has 1 heterocycles. The predicted octanol–water partition coefficient (Wildman–Crippen LogP) is 7.09. The molecule has 0 aliphatic heterocycles. The van der Waals surface area contributed by atoms with E-state index in [9.17, 15) is 15.0 Å². The molecule has 0 saturated heterocycles. The summed E-state index contributed by atoms with van der Waals surface area (Å²) in [5.74, 6) is -0.946. The van der Waals surface area contributed by atoms with Crippen molar-refractivity contribution in [3.8, 4) is 5.75 Å². The zero-order valence-electron chi connectivity index (χ0n) is 18.3. The van der Waals surface area contributed by atoms with Gasteiger partial charge in [-0.1, -0.05) is 60.7 Å². The molecule has 0 radical (unpaired) electrons. The van der Waals surface area contributed by atoms with E-state index in [0.717, 1.165) is 14.7 Å². The Hall–Kier alpha value is -3.32. The molecule has 166 valence electrons. The molecule has 0 saturated carbocycles. The summed E-state index contributed by atoms with van der Waals surface area (Å²) in [6, 6.07) is 21.9. The third kappa shape index (κ3) is 4.33. The topological polar surface area (TPSA) is 70.7 Å². The number of rotatable bonds is 5. The molecule has 2 N–H and O–H groups in total. The molecule has 0 bridgehead atoms. The number of para-hydroxylation sites is 1. The lowest BCUT2D eigenvalue weighted by Crippen LogP contribution is -2.18. The van der Waals surface area contributed by atoms with E-state index >= 15 is 0 Å². The van der Waals surface area contributed by atoms with Crippen molar-refractivity contribution in [3.63, 3.8) is 0 Å². The first-order valence-corrected chi connectivity index (χ1v) is 11.5. The summed E-state index contributed by atoms with van der Waals surface area (Å²) < 4.78 is 6.61. The van der Waals surface area contributed by atoms with Crippen LogP contribution >= 0.6 is 22.6 Å². The van der Waals surface area contributed by atoms with Gasteiger partial charge in [0.15, 0.2) is 0 Å². The van der Waals surface area contributed by atoms with Crippen molar-refractivity contribution in [2.75, 3.05) is 0 Å². The Kier molecular flexibility index (Phi) is 6.42. The molecule has 4 rings (SSSR count). The fourth-order valence-corrected chi connectivity index (χ4v) is 4.46. The average Bonchev–Trinajstić information content (AvgIpc) is 2.79. The number of fused-ring (bicyclic) bond motifs is 1. The van der Waals surface area contributed by atoms with E-state index in [0.29, 0.717) is 27.7 Å². The number of hydrogen-bond acceptors (Lipinski definition) is 4. The molecule has 5 heteroatoms. The maximum Gasteiger partial charge on any atom is 0.344 e. The van der Waals surface area contributed by atoms with Crippen LogP contribution in [0.15, 0.2) is 99.7 Å². The van der Waals surface area contributed by atoms with Crippen LogP contribution in [0.3, 0.4) is 0 Å². The first-order valence-electron chi connectivity index (χ1n) is 10.4. The Morgan fingerprint density at radius 1 is 1.00 bits per heavy atom. The molecule has 4 nitrogen and oxygen atoms in total. The molecular weight excluding hydrogens is 527 g/mol. The Bertz CT molecular complexity index is 1450. The van der Waals surface area contributed by atoms with Gasteiger partial charge in [0.1, 0.15) is 17.1 Å². The largest absolute Gasteiger partial charge is 0.507 e. The second-order valence-electron chi connectivity index (χ2n) is 7.99. The van der Waals surface area contributed by atoms with Gasteiger partial charge in [0.2, 0.25) is 0 Å². The van der Waals surface area contributed by atoms with Crippen molar-refractivity contribution in [2.45, 2.75) is 19.8 Å². The minimum Gasteiger partial charge on any atom is -0.507 e. The van der Waals surface area contributed by atoms with Gasteiger partial charge < -0.3 is 14.6 Å². The van der Waals surface area contributed by atoms with E-state index in [4.69, 9.17) is 4.42 Å². The summed E-state index contributed by atoms with van der Waals surface area (Å²) in [4.78, 5) is 13.2. The van der Waals surface area contributed by atoms with Crippen molar-refractivity contribution < 1.29 is 14.6 Å². The molecule has 0 aliphatic carbocycles. The zero-order valence-corrected chi connectivity index (χ0v) is 20.5. The van der Waals surface area contributed by atoms with Gasteiger partial charge in [0.05, 0.1) is 10.9 Å². The van der Waals surface area contributed by atoms with E-state index in [1.165, 1.54) is 0 Å². The van der Waals surface area contributed by atoms with Gasteiger partial charge in [-0.05, 0) is 71.8 Å². The summed E-state index contributed by atoms with van der Waals surface area (Å²) in [6.45, 7) is 7.80. The Morgan fingerprint density at radius 2 is 1.64 bits per heavy atom. The lowest BCUT2D eigenvalue weighted by Gasteiger charge is -2.24. The molecule has 4 aromatic rings. The maximum absolute atomic E-state index is 13.2. The Balaban J connectivity index is 2.11. The number of hydrogen-bond donors (Lipinski definition) is 2. The molecule has 0 aliphatic rings. The van der Waals surface area contributed by atoms with Gasteiger partial charge in [-0.2, -0.15) is 0 Å². The molecule has 1 aromatic heterocycles. The van der Waals surface area contributed by atoms with E-state index in [2.05, 4.69) is 29.2 Å². The third-order valence-corrected chi connectivity index (χ3v) is 6.43. The second-order valence-corrected chi connectivity index (χ2v) is 9.24. The fourth-order valence-electron chi connectivity index (χ4n) is 4.10. The lowest BCUT2D eigenvalue weighted by molar-refractivity contribution is 0.453. The molecule has 3 aromatic carbocycles. The molecule has 33 heavy (non-hydrogen) atoms. The van der Waals surface area contributed by atoms with Crippen molar-refractivity contribution in [1.29, 1.82) is 0 Å². The van der Waals surface area contributed by atoms with Crippen LogP contribution in [0, 0.1) is 10.5 Å². The number of allylic oxidation sites excluding steroid dienone is 2. The lowest BCUT2D eigenvalue weighted by atomic mass is 9.80. The highest BCUT2D eigenvalue weighted by atomic mass is 127. The van der Waals surface area contributed by atoms with Crippen LogP contribution in [0.5, 0.6) is 5.75 Å². The highest BCUT2D eigenvalue weighted by Gasteiger charge is 2.31. The Labute approximate surface area is 205 Å². The summed E-state index contributed by atoms with van der Waals surface area (Å²) in [5, 5.41) is 23.2. The number of aromatic hydroxyl groups is 1. The molecule has 0 amide bonds. The number of aryl methyl sites for hydroxylation is 1. The SMILES string of the molecule is C=C(C)/C(=C(/O)c1ccccc1C)C(c1ccc(I)cc1)c1c(O)c2ccccc2oc1=O. The van der Waals surface area contributed by atoms with Crippen LogP contribution in [0.2, 0.25) is 0 Å². The van der Waals surface area contributed by atoms with Gasteiger partial charge in [-0.25, -0.2) is 4.79 Å². The van der Waals surface area contributed by atoms with Crippen molar-refractivity contribution in [2.24, 2.45) is 0 Å². The van der Waals surface area contributed by atoms with Crippen molar-refractivity contribution in [3.05, 3.63) is 127 Å². The first-order chi connectivity index (χ1) is 15.8. The monoisotopic (exact) mass is 550 g/mol. The normalized spacial score (nSPS) is 12.9. The highest BCUT2D eigenvalue weighted by molar-refractivity contribution is 14.1. The predicted molar refractivity (Wildman–Crippen MR) is 141 cm³/mol. The summed E-state index contributed by atoms with van der Waals surface area (Å²) in [6.07, 6.45) is 0. The average molecular weight is 550 g/mol. The smallest absolute Gasteiger partial charge is 0.344 e. The van der Waals surface area contributed by atoms with E-state index < -0.39 is 11.5 Å². The van der Waals surface area contributed by atoms with E-state index in [1.807, 2.05) is 55.5 Å². The van der Waals surface area contributed by atoms with Gasteiger partial charge >= 0.3 is 5.63 Å². The van der Waals surface area contributed by atoms with E-state index in [1.54, 1.807) is 31.2 Å². The van der Waals surface area contributed by atoms with Gasteiger partial charge in [-0.3, -0.25) is 0 Å². The molecular formula is C28H23IO4. The van der Waals surface area contributed by atoms with Crippen LogP contribution in [0.4, 0.5) is 0 Å². The minimum atomic E-state index is -0.792. The Morgan fingerprint density at radius 3 is 2.30 bits per heavy atom. The van der Waals surface area contributed by atoms with Crippen LogP contribution in [-0.2, 0) is 0 Å². The van der Waals surface area contributed by atoms with Crippen molar-refractivity contribution >= 4 is 39.3 Å². The zero-order chi connectivity index (χ0) is 23.7. The van der Waals surface area contributed by atoms with Gasteiger partial charge in [0, 0.05) is 20.6 Å². The second kappa shape index (κ2) is 9.27. The van der Waals surface area contributed by atoms with Crippen LogP contribution < -0.4 is 5.63 Å². The van der Waals surface area contributed by atoms with Crippen LogP contribution in [0.25, 0.3) is 16.7 Å². The molecule has 0 spiro atoms.